The van der Waals surface area contributed by atoms with Crippen molar-refractivity contribution in [3.63, 3.8) is 0 Å². The molecule has 2 atom stereocenters. The van der Waals surface area contributed by atoms with Gasteiger partial charge in [-0.25, -0.2) is 0 Å². The zero-order valence-electron chi connectivity index (χ0n) is 34.8. The molecule has 0 bridgehead atoms. The summed E-state index contributed by atoms with van der Waals surface area (Å²) in [5.74, 6) is -0.102. The van der Waals surface area contributed by atoms with Crippen LogP contribution in [-0.4, -0.2) is 47.4 Å². The second-order valence-corrected chi connectivity index (χ2v) is 15.7. The highest BCUT2D eigenvalue weighted by Gasteiger charge is 2.18. The average molecular weight is 736 g/mol. The Morgan fingerprint density at radius 3 is 1.31 bits per heavy atom. The highest BCUT2D eigenvalue weighted by Crippen LogP contribution is 2.15. The summed E-state index contributed by atoms with van der Waals surface area (Å²) in [4.78, 5) is 24.3. The fraction of sp³-hybridized carbons (Fsp3) is 0.913. The van der Waals surface area contributed by atoms with E-state index in [1.807, 2.05) is 6.08 Å². The van der Waals surface area contributed by atoms with Gasteiger partial charge in [-0.2, -0.15) is 0 Å². The highest BCUT2D eigenvalue weighted by atomic mass is 16.5. The molecule has 0 aliphatic rings. The molecule has 308 valence electrons. The van der Waals surface area contributed by atoms with Crippen LogP contribution >= 0.6 is 0 Å². The molecule has 0 fully saturated rings. The first-order valence-corrected chi connectivity index (χ1v) is 23.0. The molecule has 0 aliphatic heterocycles. The van der Waals surface area contributed by atoms with Crippen molar-refractivity contribution in [1.82, 2.24) is 5.32 Å². The van der Waals surface area contributed by atoms with Crippen LogP contribution in [-0.2, 0) is 14.3 Å². The maximum absolute atomic E-state index is 12.4. The van der Waals surface area contributed by atoms with Crippen LogP contribution in [0.15, 0.2) is 12.2 Å². The molecule has 3 N–H and O–H groups in total. The summed E-state index contributed by atoms with van der Waals surface area (Å²) in [6.07, 6.45) is 46.2. The Kier molecular flexibility index (Phi) is 41.2. The molecule has 0 saturated carbocycles. The molecular weight excluding hydrogens is 647 g/mol. The summed E-state index contributed by atoms with van der Waals surface area (Å²) in [5, 5.41) is 22.9. The number of carbonyl (C=O) groups excluding carboxylic acids is 2. The van der Waals surface area contributed by atoms with Gasteiger partial charge in [-0.05, 0) is 32.1 Å². The first kappa shape index (κ1) is 50.6. The van der Waals surface area contributed by atoms with E-state index in [4.69, 9.17) is 4.74 Å². The summed E-state index contributed by atoms with van der Waals surface area (Å²) in [5.41, 5.74) is 0. The zero-order valence-corrected chi connectivity index (χ0v) is 34.8. The topological polar surface area (TPSA) is 95.9 Å². The van der Waals surface area contributed by atoms with Crippen LogP contribution < -0.4 is 5.32 Å². The summed E-state index contributed by atoms with van der Waals surface area (Å²) < 4.78 is 5.44. The lowest BCUT2D eigenvalue weighted by atomic mass is 10.0. The molecule has 0 saturated heterocycles. The second-order valence-electron chi connectivity index (χ2n) is 15.7. The third-order valence-corrected chi connectivity index (χ3v) is 10.6. The number of aliphatic hydroxyl groups is 2. The monoisotopic (exact) mass is 736 g/mol. The smallest absolute Gasteiger partial charge is 0.305 e. The van der Waals surface area contributed by atoms with Crippen LogP contribution in [0, 0.1) is 0 Å². The molecular formula is C46H89NO5. The molecule has 1 amide bonds. The van der Waals surface area contributed by atoms with Gasteiger partial charge >= 0.3 is 5.97 Å². The van der Waals surface area contributed by atoms with Gasteiger partial charge in [0.1, 0.15) is 0 Å². The van der Waals surface area contributed by atoms with Crippen LogP contribution in [0.4, 0.5) is 0 Å². The quantitative estimate of drug-likeness (QED) is 0.0329. The first-order chi connectivity index (χ1) is 25.5. The third kappa shape index (κ3) is 38.3. The van der Waals surface area contributed by atoms with Gasteiger partial charge in [-0.3, -0.25) is 9.59 Å². The minimum atomic E-state index is -0.853. The number of nitrogens with one attached hydrogen (secondary N) is 1. The SMILES string of the molecule is CCCCCCCCCCC/C=C/C(O)C(CO)NC(=O)CCCCCCCCCCCCCOC(=O)CCCCCCCCCCCCCCC. The van der Waals surface area contributed by atoms with E-state index in [0.29, 0.717) is 19.4 Å². The number of allylic oxidation sites excluding steroid dienone is 1. The van der Waals surface area contributed by atoms with Crippen molar-refractivity contribution < 1.29 is 24.5 Å². The Morgan fingerprint density at radius 1 is 0.519 bits per heavy atom. The molecule has 52 heavy (non-hydrogen) atoms. The fourth-order valence-electron chi connectivity index (χ4n) is 6.98. The molecule has 0 heterocycles. The van der Waals surface area contributed by atoms with Crippen LogP contribution in [0.25, 0.3) is 0 Å². The predicted molar refractivity (Wildman–Crippen MR) is 223 cm³/mol. The van der Waals surface area contributed by atoms with E-state index in [2.05, 4.69) is 19.2 Å². The van der Waals surface area contributed by atoms with E-state index in [0.717, 1.165) is 57.8 Å². The van der Waals surface area contributed by atoms with Gasteiger partial charge in [0, 0.05) is 12.8 Å². The minimum Gasteiger partial charge on any atom is -0.466 e. The number of carbonyl (C=O) groups is 2. The first-order valence-electron chi connectivity index (χ1n) is 23.0. The zero-order chi connectivity index (χ0) is 38.0. The average Bonchev–Trinajstić information content (AvgIpc) is 3.14. The highest BCUT2D eigenvalue weighted by molar-refractivity contribution is 5.76. The third-order valence-electron chi connectivity index (χ3n) is 10.6. The van der Waals surface area contributed by atoms with E-state index in [-0.39, 0.29) is 18.5 Å². The number of rotatable bonds is 42. The normalized spacial score (nSPS) is 12.8. The molecule has 2 unspecified atom stereocenters. The van der Waals surface area contributed by atoms with Gasteiger partial charge in [0.25, 0.3) is 0 Å². The number of aliphatic hydroxyl groups excluding tert-OH is 2. The van der Waals surface area contributed by atoms with Crippen molar-refractivity contribution >= 4 is 11.9 Å². The number of amides is 1. The molecule has 0 aromatic carbocycles. The van der Waals surface area contributed by atoms with Gasteiger partial charge in [-0.15, -0.1) is 0 Å². The van der Waals surface area contributed by atoms with E-state index in [9.17, 15) is 19.8 Å². The summed E-state index contributed by atoms with van der Waals surface area (Å²) in [7, 11) is 0. The number of unbranched alkanes of at least 4 members (excludes halogenated alkanes) is 31. The molecule has 0 rings (SSSR count). The van der Waals surface area contributed by atoms with Gasteiger partial charge in [0.15, 0.2) is 0 Å². The largest absolute Gasteiger partial charge is 0.466 e. The molecule has 0 aromatic rings. The van der Waals surface area contributed by atoms with Gasteiger partial charge in [-0.1, -0.05) is 212 Å². The minimum absolute atomic E-state index is 0.0145. The Balaban J connectivity index is 3.49. The van der Waals surface area contributed by atoms with Crippen LogP contribution in [0.5, 0.6) is 0 Å². The van der Waals surface area contributed by atoms with Crippen LogP contribution in [0.2, 0.25) is 0 Å². The second kappa shape index (κ2) is 42.3. The van der Waals surface area contributed by atoms with Crippen molar-refractivity contribution in [1.29, 1.82) is 0 Å². The number of ether oxygens (including phenoxy) is 1. The maximum Gasteiger partial charge on any atom is 0.305 e. The van der Waals surface area contributed by atoms with Crippen LogP contribution in [0.3, 0.4) is 0 Å². The summed E-state index contributed by atoms with van der Waals surface area (Å²) in [6.45, 7) is 4.84. The number of hydrogen-bond acceptors (Lipinski definition) is 5. The van der Waals surface area contributed by atoms with E-state index < -0.39 is 12.1 Å². The molecule has 6 nitrogen and oxygen atoms in total. The Morgan fingerprint density at radius 2 is 0.885 bits per heavy atom. The summed E-state index contributed by atoms with van der Waals surface area (Å²) >= 11 is 0. The van der Waals surface area contributed by atoms with Gasteiger partial charge in [0.05, 0.1) is 25.4 Å². The Labute approximate surface area is 323 Å². The number of hydrogen-bond donors (Lipinski definition) is 3. The lowest BCUT2D eigenvalue weighted by molar-refractivity contribution is -0.143. The standard InChI is InChI=1S/C46H89NO5/c1-3-5-7-9-11-13-15-16-20-24-28-32-36-40-46(51)52-41-37-33-29-25-21-17-19-23-27-31-35-39-45(50)47-43(42-48)44(49)38-34-30-26-22-18-14-12-10-8-6-4-2/h34,38,43-44,48-49H,3-33,35-37,39-42H2,1-2H3,(H,47,50)/b38-34+. The Hall–Kier alpha value is -1.40. The fourth-order valence-corrected chi connectivity index (χ4v) is 6.98. The Bertz CT molecular complexity index is 772. The lowest BCUT2D eigenvalue weighted by Crippen LogP contribution is -2.45. The van der Waals surface area contributed by atoms with Crippen molar-refractivity contribution in [3.8, 4) is 0 Å². The van der Waals surface area contributed by atoms with Crippen molar-refractivity contribution in [2.45, 2.75) is 257 Å². The maximum atomic E-state index is 12.4. The molecule has 0 aromatic heterocycles. The van der Waals surface area contributed by atoms with Gasteiger partial charge < -0.3 is 20.3 Å². The summed E-state index contributed by atoms with van der Waals surface area (Å²) in [6, 6.07) is -0.638. The van der Waals surface area contributed by atoms with E-state index in [1.165, 1.54) is 161 Å². The van der Waals surface area contributed by atoms with Crippen LogP contribution in [0.1, 0.15) is 245 Å². The molecule has 0 radical (unpaired) electrons. The number of esters is 1. The van der Waals surface area contributed by atoms with Gasteiger partial charge in [0.2, 0.25) is 5.91 Å². The van der Waals surface area contributed by atoms with E-state index >= 15 is 0 Å². The lowest BCUT2D eigenvalue weighted by Gasteiger charge is -2.20. The molecule has 6 heteroatoms. The molecule has 0 aliphatic carbocycles. The van der Waals surface area contributed by atoms with Crippen molar-refractivity contribution in [2.24, 2.45) is 0 Å². The van der Waals surface area contributed by atoms with Crippen molar-refractivity contribution in [3.05, 3.63) is 12.2 Å². The predicted octanol–water partition coefficient (Wildman–Crippen LogP) is 13.0. The molecule has 0 spiro atoms. The van der Waals surface area contributed by atoms with Crippen molar-refractivity contribution in [2.75, 3.05) is 13.2 Å². The van der Waals surface area contributed by atoms with E-state index in [1.54, 1.807) is 6.08 Å².